The molecule has 1 aliphatic heterocycles. The van der Waals surface area contributed by atoms with Crippen molar-refractivity contribution in [3.05, 3.63) is 34.9 Å². The Kier molecular flexibility index (Phi) is 3.29. The van der Waals surface area contributed by atoms with Gasteiger partial charge in [0.2, 0.25) is 0 Å². The van der Waals surface area contributed by atoms with Gasteiger partial charge >= 0.3 is 6.18 Å². The van der Waals surface area contributed by atoms with Crippen molar-refractivity contribution in [2.75, 3.05) is 6.54 Å². The van der Waals surface area contributed by atoms with Gasteiger partial charge in [0.05, 0.1) is 5.56 Å². The van der Waals surface area contributed by atoms with E-state index in [0.29, 0.717) is 23.9 Å². The van der Waals surface area contributed by atoms with E-state index in [9.17, 15) is 13.2 Å². The SMILES string of the molecule is FC(F)(F)c1cccc2c1CC(CC1CCCN1)C2. The van der Waals surface area contributed by atoms with Crippen molar-refractivity contribution in [1.29, 1.82) is 0 Å². The summed E-state index contributed by atoms with van der Waals surface area (Å²) in [6.45, 7) is 1.05. The molecule has 0 bridgehead atoms. The summed E-state index contributed by atoms with van der Waals surface area (Å²) in [7, 11) is 0. The average Bonchev–Trinajstić information content (AvgIpc) is 2.95. The standard InChI is InChI=1S/C15H18F3N/c16-15(17,18)14-5-1-3-11-7-10(9-13(11)14)8-12-4-2-6-19-12/h1,3,5,10,12,19H,2,4,6-9H2. The molecule has 0 spiro atoms. The fourth-order valence-corrected chi connectivity index (χ4v) is 3.53. The van der Waals surface area contributed by atoms with Crippen molar-refractivity contribution in [3.63, 3.8) is 0 Å². The largest absolute Gasteiger partial charge is 0.416 e. The molecule has 1 fully saturated rings. The van der Waals surface area contributed by atoms with E-state index in [0.717, 1.165) is 24.9 Å². The molecule has 1 aromatic carbocycles. The third kappa shape index (κ3) is 2.64. The smallest absolute Gasteiger partial charge is 0.314 e. The summed E-state index contributed by atoms with van der Waals surface area (Å²) < 4.78 is 38.9. The lowest BCUT2D eigenvalue weighted by Gasteiger charge is -2.15. The van der Waals surface area contributed by atoms with Crippen molar-refractivity contribution in [3.8, 4) is 0 Å². The van der Waals surface area contributed by atoms with Crippen LogP contribution in [0.4, 0.5) is 13.2 Å². The van der Waals surface area contributed by atoms with Gasteiger partial charge in [-0.25, -0.2) is 0 Å². The van der Waals surface area contributed by atoms with Crippen LogP contribution in [0.25, 0.3) is 0 Å². The van der Waals surface area contributed by atoms with E-state index < -0.39 is 11.7 Å². The summed E-state index contributed by atoms with van der Waals surface area (Å²) in [5.41, 5.74) is 1.02. The quantitative estimate of drug-likeness (QED) is 0.865. The highest BCUT2D eigenvalue weighted by Gasteiger charge is 2.37. The molecular weight excluding hydrogens is 251 g/mol. The van der Waals surface area contributed by atoms with Crippen LogP contribution in [-0.2, 0) is 19.0 Å². The molecule has 1 N–H and O–H groups in total. The predicted octanol–water partition coefficient (Wildman–Crippen LogP) is 3.56. The Morgan fingerprint density at radius 2 is 2.05 bits per heavy atom. The van der Waals surface area contributed by atoms with Gasteiger partial charge in [0.1, 0.15) is 0 Å². The van der Waals surface area contributed by atoms with E-state index in [1.54, 1.807) is 0 Å². The summed E-state index contributed by atoms with van der Waals surface area (Å²) >= 11 is 0. The summed E-state index contributed by atoms with van der Waals surface area (Å²) in [6, 6.07) is 5.12. The van der Waals surface area contributed by atoms with Gasteiger partial charge in [-0.1, -0.05) is 12.1 Å². The molecule has 19 heavy (non-hydrogen) atoms. The van der Waals surface area contributed by atoms with Crippen LogP contribution in [0.1, 0.15) is 36.0 Å². The van der Waals surface area contributed by atoms with Crippen LogP contribution in [0.15, 0.2) is 18.2 Å². The Morgan fingerprint density at radius 3 is 2.74 bits per heavy atom. The normalized spacial score (nSPS) is 26.7. The fraction of sp³-hybridized carbons (Fsp3) is 0.600. The van der Waals surface area contributed by atoms with Crippen molar-refractivity contribution in [2.24, 2.45) is 5.92 Å². The molecule has 0 amide bonds. The lowest BCUT2D eigenvalue weighted by molar-refractivity contribution is -0.138. The van der Waals surface area contributed by atoms with E-state index in [1.165, 1.54) is 25.0 Å². The molecule has 1 nitrogen and oxygen atoms in total. The van der Waals surface area contributed by atoms with Gasteiger partial charge in [-0.3, -0.25) is 0 Å². The first-order valence-corrected chi connectivity index (χ1v) is 6.95. The van der Waals surface area contributed by atoms with Crippen LogP contribution in [0, 0.1) is 5.92 Å². The molecule has 4 heteroatoms. The van der Waals surface area contributed by atoms with Crippen LogP contribution in [0.5, 0.6) is 0 Å². The summed E-state index contributed by atoms with van der Waals surface area (Å²) in [5.74, 6) is 0.370. The Bertz CT molecular complexity index is 461. The van der Waals surface area contributed by atoms with Crippen molar-refractivity contribution < 1.29 is 13.2 Å². The molecule has 2 unspecified atom stereocenters. The number of nitrogens with one attached hydrogen (secondary N) is 1. The number of fused-ring (bicyclic) bond motifs is 1. The Labute approximate surface area is 111 Å². The zero-order chi connectivity index (χ0) is 13.5. The number of alkyl halides is 3. The monoisotopic (exact) mass is 269 g/mol. The first-order chi connectivity index (χ1) is 9.04. The fourth-order valence-electron chi connectivity index (χ4n) is 3.53. The molecule has 2 aliphatic rings. The molecule has 3 rings (SSSR count). The van der Waals surface area contributed by atoms with Crippen LogP contribution >= 0.6 is 0 Å². The number of rotatable bonds is 2. The zero-order valence-corrected chi connectivity index (χ0v) is 10.8. The second-order valence-corrected chi connectivity index (χ2v) is 5.74. The number of benzene rings is 1. The van der Waals surface area contributed by atoms with Gasteiger partial charge in [-0.15, -0.1) is 0 Å². The minimum atomic E-state index is -4.22. The van der Waals surface area contributed by atoms with Gasteiger partial charge < -0.3 is 5.32 Å². The highest BCUT2D eigenvalue weighted by Crippen LogP contribution is 2.39. The summed E-state index contributed by atoms with van der Waals surface area (Å²) in [6.07, 6.45) is 0.537. The van der Waals surface area contributed by atoms with Crippen molar-refractivity contribution >= 4 is 0 Å². The van der Waals surface area contributed by atoms with Gasteiger partial charge in [-0.05, 0) is 61.8 Å². The molecule has 0 radical (unpaired) electrons. The minimum absolute atomic E-state index is 0.370. The molecule has 0 aromatic heterocycles. The highest BCUT2D eigenvalue weighted by molar-refractivity contribution is 5.40. The molecule has 1 aliphatic carbocycles. The Balaban J connectivity index is 1.76. The molecule has 1 aromatic rings. The van der Waals surface area contributed by atoms with Crippen LogP contribution in [-0.4, -0.2) is 12.6 Å². The van der Waals surface area contributed by atoms with Crippen molar-refractivity contribution in [2.45, 2.75) is 44.3 Å². The third-order valence-electron chi connectivity index (χ3n) is 4.36. The highest BCUT2D eigenvalue weighted by atomic mass is 19.4. The Morgan fingerprint density at radius 1 is 1.21 bits per heavy atom. The first kappa shape index (κ1) is 13.0. The van der Waals surface area contributed by atoms with E-state index >= 15 is 0 Å². The van der Waals surface area contributed by atoms with E-state index in [4.69, 9.17) is 0 Å². The van der Waals surface area contributed by atoms with Gasteiger partial charge in [-0.2, -0.15) is 13.2 Å². The maximum absolute atomic E-state index is 13.0. The average molecular weight is 269 g/mol. The molecule has 2 atom stereocenters. The van der Waals surface area contributed by atoms with Gasteiger partial charge in [0.15, 0.2) is 0 Å². The Hall–Kier alpha value is -1.03. The topological polar surface area (TPSA) is 12.0 Å². The van der Waals surface area contributed by atoms with Crippen molar-refractivity contribution in [1.82, 2.24) is 5.32 Å². The van der Waals surface area contributed by atoms with Crippen LogP contribution in [0.2, 0.25) is 0 Å². The predicted molar refractivity (Wildman–Crippen MR) is 68.0 cm³/mol. The first-order valence-electron chi connectivity index (χ1n) is 6.95. The number of halogens is 3. The van der Waals surface area contributed by atoms with Crippen LogP contribution in [0.3, 0.4) is 0 Å². The molecule has 0 saturated carbocycles. The zero-order valence-electron chi connectivity index (χ0n) is 10.8. The maximum Gasteiger partial charge on any atom is 0.416 e. The summed E-state index contributed by atoms with van der Waals surface area (Å²) in [5, 5.41) is 3.43. The summed E-state index contributed by atoms with van der Waals surface area (Å²) in [4.78, 5) is 0. The van der Waals surface area contributed by atoms with E-state index in [1.807, 2.05) is 6.07 Å². The maximum atomic E-state index is 13.0. The number of hydrogen-bond acceptors (Lipinski definition) is 1. The third-order valence-corrected chi connectivity index (χ3v) is 4.36. The molecular formula is C15H18F3N. The second-order valence-electron chi connectivity index (χ2n) is 5.74. The minimum Gasteiger partial charge on any atom is -0.314 e. The lowest BCUT2D eigenvalue weighted by atomic mass is 9.96. The van der Waals surface area contributed by atoms with Crippen LogP contribution < -0.4 is 5.32 Å². The molecule has 1 saturated heterocycles. The lowest BCUT2D eigenvalue weighted by Crippen LogP contribution is -2.24. The second kappa shape index (κ2) is 4.82. The van der Waals surface area contributed by atoms with E-state index in [-0.39, 0.29) is 0 Å². The molecule has 1 heterocycles. The number of hydrogen-bond donors (Lipinski definition) is 1. The van der Waals surface area contributed by atoms with Gasteiger partial charge in [0, 0.05) is 6.04 Å². The van der Waals surface area contributed by atoms with Gasteiger partial charge in [0.25, 0.3) is 0 Å². The van der Waals surface area contributed by atoms with E-state index in [2.05, 4.69) is 5.32 Å². The molecule has 104 valence electrons.